The van der Waals surface area contributed by atoms with Crippen molar-refractivity contribution >= 4 is 27.7 Å². The van der Waals surface area contributed by atoms with Gasteiger partial charge in [0, 0.05) is 29.8 Å². The Balaban J connectivity index is 1.46. The van der Waals surface area contributed by atoms with Crippen LogP contribution in [0.25, 0.3) is 16.3 Å². The van der Waals surface area contributed by atoms with E-state index in [-0.39, 0.29) is 5.41 Å². The molecule has 0 saturated carbocycles. The number of benzene rings is 4. The Bertz CT molecular complexity index is 1640. The number of hydrogen-bond donors (Lipinski definition) is 0. The first-order valence-corrected chi connectivity index (χ1v) is 13.8. The van der Waals surface area contributed by atoms with Gasteiger partial charge in [-0.1, -0.05) is 80.1 Å². The number of aryl methyl sites for hydroxylation is 2. The highest BCUT2D eigenvalue weighted by Crippen LogP contribution is 2.56. The van der Waals surface area contributed by atoms with Crippen molar-refractivity contribution in [1.29, 1.82) is 0 Å². The molecule has 2 aliphatic carbocycles. The summed E-state index contributed by atoms with van der Waals surface area (Å²) in [5, 5.41) is 2.61. The number of fused-ring (bicyclic) bond motifs is 5. The lowest BCUT2D eigenvalue weighted by molar-refractivity contribution is 0.589. The van der Waals surface area contributed by atoms with Gasteiger partial charge in [0.15, 0.2) is 0 Å². The minimum atomic E-state index is -0.00532. The third kappa shape index (κ3) is 3.93. The predicted octanol–water partition coefficient (Wildman–Crippen LogP) is 9.94. The fraction of sp³-hybridized carbons (Fsp3) is 0.243. The molecule has 0 saturated heterocycles. The Morgan fingerprint density at radius 2 is 1.55 bits per heavy atom. The van der Waals surface area contributed by atoms with Gasteiger partial charge in [-0.2, -0.15) is 0 Å². The number of anilines is 2. The quantitative estimate of drug-likeness (QED) is 0.255. The van der Waals surface area contributed by atoms with E-state index in [9.17, 15) is 0 Å². The molecule has 4 aromatic rings. The van der Waals surface area contributed by atoms with E-state index in [4.69, 9.17) is 0 Å². The summed E-state index contributed by atoms with van der Waals surface area (Å²) in [5.74, 6) is 0.405. The summed E-state index contributed by atoms with van der Waals surface area (Å²) >= 11 is 0. The molecule has 1 atom stereocenters. The lowest BCUT2D eigenvalue weighted by Crippen LogP contribution is -2.20. The highest BCUT2D eigenvalue weighted by molar-refractivity contribution is 5.99. The molecule has 0 aliphatic heterocycles. The monoisotopic (exact) mass is 495 g/mol. The van der Waals surface area contributed by atoms with Gasteiger partial charge in [-0.25, -0.2) is 0 Å². The molecule has 0 spiro atoms. The van der Waals surface area contributed by atoms with Crippen molar-refractivity contribution in [3.05, 3.63) is 136 Å². The van der Waals surface area contributed by atoms with Crippen LogP contribution in [0.1, 0.15) is 66.5 Å². The molecule has 1 unspecified atom stereocenters. The van der Waals surface area contributed by atoms with Gasteiger partial charge in [-0.05, 0) is 113 Å². The molecule has 0 amide bonds. The summed E-state index contributed by atoms with van der Waals surface area (Å²) in [6, 6.07) is 27.6. The van der Waals surface area contributed by atoms with E-state index in [1.165, 1.54) is 61.1 Å². The van der Waals surface area contributed by atoms with Crippen LogP contribution in [0, 0.1) is 13.8 Å². The van der Waals surface area contributed by atoms with Gasteiger partial charge in [0.2, 0.25) is 0 Å². The highest BCUT2D eigenvalue weighted by atomic mass is 15.1. The van der Waals surface area contributed by atoms with E-state index >= 15 is 0 Å². The first kappa shape index (κ1) is 24.5. The third-order valence-corrected chi connectivity index (χ3v) is 8.64. The van der Waals surface area contributed by atoms with E-state index in [1.54, 1.807) is 5.57 Å². The van der Waals surface area contributed by atoms with Crippen molar-refractivity contribution in [2.75, 3.05) is 11.9 Å². The maximum Gasteiger partial charge on any atom is 0.0414 e. The second kappa shape index (κ2) is 9.17. The molecule has 0 heterocycles. The molecule has 0 aromatic heterocycles. The van der Waals surface area contributed by atoms with E-state index < -0.39 is 0 Å². The van der Waals surface area contributed by atoms with Crippen LogP contribution in [0.4, 0.5) is 11.4 Å². The normalized spacial score (nSPS) is 17.8. The molecular weight excluding hydrogens is 458 g/mol. The van der Waals surface area contributed by atoms with E-state index in [0.29, 0.717) is 5.92 Å². The average Bonchev–Trinajstić information content (AvgIpc) is 3.12. The maximum absolute atomic E-state index is 2.47. The fourth-order valence-corrected chi connectivity index (χ4v) is 6.67. The molecule has 0 fully saturated rings. The zero-order chi connectivity index (χ0) is 26.6. The predicted molar refractivity (Wildman–Crippen MR) is 165 cm³/mol. The van der Waals surface area contributed by atoms with E-state index in [1.807, 2.05) is 0 Å². The maximum atomic E-state index is 2.47. The molecule has 2 aliphatic rings. The largest absolute Gasteiger partial charge is 0.345 e. The zero-order valence-corrected chi connectivity index (χ0v) is 23.5. The number of allylic oxidation sites excluding steroid dienone is 5. The molecule has 0 bridgehead atoms. The summed E-state index contributed by atoms with van der Waals surface area (Å²) in [5.41, 5.74) is 13.8. The SMILES string of the molecule is C/C=C\C=C/C1CC2=C(c3ccccc31)c1cc3ccc(N(C)c4cc(C)cc(C)c4)cc3cc1C2(C)C. The van der Waals surface area contributed by atoms with Crippen molar-refractivity contribution in [1.82, 2.24) is 0 Å². The molecule has 1 nitrogen and oxygen atoms in total. The van der Waals surface area contributed by atoms with Gasteiger partial charge >= 0.3 is 0 Å². The molecule has 190 valence electrons. The first-order valence-electron chi connectivity index (χ1n) is 13.8. The van der Waals surface area contributed by atoms with Crippen LogP contribution in [0.5, 0.6) is 0 Å². The van der Waals surface area contributed by atoms with Crippen LogP contribution in [0.2, 0.25) is 0 Å². The minimum absolute atomic E-state index is 0.00532. The summed E-state index contributed by atoms with van der Waals surface area (Å²) in [6.07, 6.45) is 9.90. The molecule has 4 aromatic carbocycles. The fourth-order valence-electron chi connectivity index (χ4n) is 6.67. The van der Waals surface area contributed by atoms with Crippen molar-refractivity contribution in [3.63, 3.8) is 0 Å². The topological polar surface area (TPSA) is 3.24 Å². The highest BCUT2D eigenvalue weighted by Gasteiger charge is 2.42. The van der Waals surface area contributed by atoms with Crippen LogP contribution in [0.15, 0.2) is 103 Å². The summed E-state index contributed by atoms with van der Waals surface area (Å²) in [6.45, 7) is 11.3. The van der Waals surface area contributed by atoms with Crippen molar-refractivity contribution in [2.24, 2.45) is 0 Å². The summed E-state index contributed by atoms with van der Waals surface area (Å²) in [4.78, 5) is 2.30. The van der Waals surface area contributed by atoms with Crippen LogP contribution in [-0.4, -0.2) is 7.05 Å². The van der Waals surface area contributed by atoms with Crippen LogP contribution in [0.3, 0.4) is 0 Å². The van der Waals surface area contributed by atoms with Crippen LogP contribution >= 0.6 is 0 Å². The molecule has 38 heavy (non-hydrogen) atoms. The molecule has 0 N–H and O–H groups in total. The Kier molecular flexibility index (Phi) is 5.91. The van der Waals surface area contributed by atoms with Crippen molar-refractivity contribution in [3.8, 4) is 0 Å². The number of nitrogens with zero attached hydrogens (tertiary/aromatic N) is 1. The Morgan fingerprint density at radius 1 is 0.789 bits per heavy atom. The Labute approximate surface area is 227 Å². The van der Waals surface area contributed by atoms with Crippen LogP contribution < -0.4 is 4.90 Å². The van der Waals surface area contributed by atoms with E-state index in [0.717, 1.165) is 6.42 Å². The lowest BCUT2D eigenvalue weighted by atomic mass is 9.72. The van der Waals surface area contributed by atoms with Gasteiger partial charge in [0.05, 0.1) is 0 Å². The van der Waals surface area contributed by atoms with Gasteiger partial charge in [-0.15, -0.1) is 0 Å². The lowest BCUT2D eigenvalue weighted by Gasteiger charge is -2.31. The molecule has 0 radical (unpaired) electrons. The van der Waals surface area contributed by atoms with Gasteiger partial charge in [0.25, 0.3) is 0 Å². The third-order valence-electron chi connectivity index (χ3n) is 8.64. The Morgan fingerprint density at radius 3 is 2.32 bits per heavy atom. The van der Waals surface area contributed by atoms with Gasteiger partial charge < -0.3 is 4.90 Å². The summed E-state index contributed by atoms with van der Waals surface area (Å²) in [7, 11) is 2.17. The number of rotatable bonds is 4. The zero-order valence-electron chi connectivity index (χ0n) is 23.5. The second-order valence-corrected chi connectivity index (χ2v) is 11.6. The molecule has 1 heteroatoms. The van der Waals surface area contributed by atoms with Gasteiger partial charge in [-0.3, -0.25) is 0 Å². The van der Waals surface area contributed by atoms with Crippen molar-refractivity contribution < 1.29 is 0 Å². The van der Waals surface area contributed by atoms with Crippen LogP contribution in [-0.2, 0) is 5.41 Å². The molecular formula is C37H37N. The molecule has 6 rings (SSSR count). The van der Waals surface area contributed by atoms with E-state index in [2.05, 4.69) is 144 Å². The standard InChI is InChI=1S/C37H37N/c1-7-8-9-12-27-22-35-36(32-14-11-10-13-31(27)32)33-21-26-15-16-29(20-28(26)23-34(33)37(35,4)5)38(6)30-18-24(2)17-25(3)19-30/h7-21,23,27H,22H2,1-6H3/b8-7-,12-9-. The first-order chi connectivity index (χ1) is 18.3. The van der Waals surface area contributed by atoms with Gasteiger partial charge in [0.1, 0.15) is 0 Å². The minimum Gasteiger partial charge on any atom is -0.345 e. The van der Waals surface area contributed by atoms with Crippen molar-refractivity contribution in [2.45, 2.75) is 52.4 Å². The summed E-state index contributed by atoms with van der Waals surface area (Å²) < 4.78 is 0. The smallest absolute Gasteiger partial charge is 0.0414 e. The second-order valence-electron chi connectivity index (χ2n) is 11.6. The average molecular weight is 496 g/mol. The number of hydrogen-bond acceptors (Lipinski definition) is 1. The Hall–Kier alpha value is -3.84.